The molecule has 0 unspecified atom stereocenters. The predicted octanol–water partition coefficient (Wildman–Crippen LogP) is 7.64. The molecule has 2 nitrogen and oxygen atoms in total. The molecule has 0 aliphatic carbocycles. The molecule has 2 aromatic carbocycles. The van der Waals surface area contributed by atoms with Crippen molar-refractivity contribution >= 4 is 5.57 Å². The van der Waals surface area contributed by atoms with Gasteiger partial charge >= 0.3 is 0 Å². The highest BCUT2D eigenvalue weighted by molar-refractivity contribution is 5.78. The third-order valence-electron chi connectivity index (χ3n) is 5.66. The molecule has 0 bridgehead atoms. The second kappa shape index (κ2) is 9.13. The molecule has 0 spiro atoms. The predicted molar refractivity (Wildman–Crippen MR) is 131 cm³/mol. The van der Waals surface area contributed by atoms with E-state index in [-0.39, 0.29) is 0 Å². The van der Waals surface area contributed by atoms with Gasteiger partial charge in [-0.15, -0.1) is 0 Å². The number of aryl methyl sites for hydroxylation is 2. The summed E-state index contributed by atoms with van der Waals surface area (Å²) in [4.78, 5) is 4.79. The Balaban J connectivity index is 2.15. The van der Waals surface area contributed by atoms with E-state index >= 15 is 0 Å². The summed E-state index contributed by atoms with van der Waals surface area (Å²) in [7, 11) is 2.08. The molecule has 3 aromatic rings. The Morgan fingerprint density at radius 2 is 1.80 bits per heavy atom. The SMILES string of the molecule is C=C/C(=C\C=C/C)c1cnc(-c2ccc(-c3c(C)cccc3C)cc2C(C)C)n1C. The summed E-state index contributed by atoms with van der Waals surface area (Å²) < 4.78 is 2.16. The first kappa shape index (κ1) is 21.6. The summed E-state index contributed by atoms with van der Waals surface area (Å²) in [6.45, 7) is 14.9. The first-order valence-electron chi connectivity index (χ1n) is 10.6. The fourth-order valence-corrected chi connectivity index (χ4v) is 4.06. The van der Waals surface area contributed by atoms with Gasteiger partial charge in [-0.25, -0.2) is 4.98 Å². The number of benzene rings is 2. The maximum absolute atomic E-state index is 4.79. The molecule has 0 fully saturated rings. The Kier molecular flexibility index (Phi) is 6.56. The summed E-state index contributed by atoms with van der Waals surface area (Å²) in [5.41, 5.74) is 9.83. The minimum atomic E-state index is 0.391. The zero-order valence-electron chi connectivity index (χ0n) is 19.0. The zero-order valence-corrected chi connectivity index (χ0v) is 19.0. The molecule has 0 N–H and O–H groups in total. The Bertz CT molecular complexity index is 1100. The standard InChI is InChI=1S/C28H32N2/c1-8-10-14-22(9-2)26-18-29-28(30(26)7)24-16-15-23(17-25(24)19(3)4)27-20(5)12-11-13-21(27)6/h8-19H,2H2,1,3-7H3/b10-8-,22-14+. The number of hydrogen-bond acceptors (Lipinski definition) is 1. The van der Waals surface area contributed by atoms with Crippen molar-refractivity contribution in [3.8, 4) is 22.5 Å². The average molecular weight is 397 g/mol. The van der Waals surface area contributed by atoms with Crippen molar-refractivity contribution in [3.63, 3.8) is 0 Å². The second-order valence-electron chi connectivity index (χ2n) is 8.10. The third-order valence-corrected chi connectivity index (χ3v) is 5.66. The topological polar surface area (TPSA) is 17.8 Å². The van der Waals surface area contributed by atoms with Crippen LogP contribution in [0, 0.1) is 13.8 Å². The van der Waals surface area contributed by atoms with Crippen molar-refractivity contribution in [2.24, 2.45) is 7.05 Å². The fourth-order valence-electron chi connectivity index (χ4n) is 4.06. The van der Waals surface area contributed by atoms with Gasteiger partial charge in [-0.3, -0.25) is 0 Å². The van der Waals surface area contributed by atoms with Gasteiger partial charge in [-0.2, -0.15) is 0 Å². The van der Waals surface area contributed by atoms with Crippen LogP contribution in [0.4, 0.5) is 0 Å². The van der Waals surface area contributed by atoms with Crippen LogP contribution in [-0.2, 0) is 7.05 Å². The molecule has 30 heavy (non-hydrogen) atoms. The van der Waals surface area contributed by atoms with E-state index in [0.717, 1.165) is 17.1 Å². The number of allylic oxidation sites excluding steroid dienone is 5. The van der Waals surface area contributed by atoms with Crippen molar-refractivity contribution < 1.29 is 0 Å². The maximum atomic E-state index is 4.79. The largest absolute Gasteiger partial charge is 0.327 e. The smallest absolute Gasteiger partial charge is 0.140 e. The van der Waals surface area contributed by atoms with E-state index < -0.39 is 0 Å². The summed E-state index contributed by atoms with van der Waals surface area (Å²) in [6.07, 6.45) is 9.94. The Labute approximate surface area is 181 Å². The lowest BCUT2D eigenvalue weighted by Gasteiger charge is -2.17. The first-order valence-corrected chi connectivity index (χ1v) is 10.6. The van der Waals surface area contributed by atoms with Crippen LogP contribution < -0.4 is 0 Å². The minimum Gasteiger partial charge on any atom is -0.327 e. The molecule has 0 saturated heterocycles. The molecule has 0 aliphatic heterocycles. The number of hydrogen-bond donors (Lipinski definition) is 0. The van der Waals surface area contributed by atoms with Gasteiger partial charge in [0.1, 0.15) is 5.82 Å². The molecule has 0 radical (unpaired) electrons. The fraction of sp³-hybridized carbons (Fsp3) is 0.250. The van der Waals surface area contributed by atoms with Gasteiger partial charge in [0, 0.05) is 12.6 Å². The van der Waals surface area contributed by atoms with Gasteiger partial charge < -0.3 is 4.57 Å². The summed E-state index contributed by atoms with van der Waals surface area (Å²) >= 11 is 0. The van der Waals surface area contributed by atoms with Crippen LogP contribution in [0.5, 0.6) is 0 Å². The second-order valence-corrected chi connectivity index (χ2v) is 8.10. The van der Waals surface area contributed by atoms with E-state index in [1.807, 2.05) is 31.3 Å². The van der Waals surface area contributed by atoms with Gasteiger partial charge in [-0.1, -0.05) is 81.1 Å². The van der Waals surface area contributed by atoms with E-state index in [9.17, 15) is 0 Å². The van der Waals surface area contributed by atoms with Crippen LogP contribution in [-0.4, -0.2) is 9.55 Å². The Morgan fingerprint density at radius 3 is 2.40 bits per heavy atom. The van der Waals surface area contributed by atoms with Crippen LogP contribution >= 0.6 is 0 Å². The summed E-state index contributed by atoms with van der Waals surface area (Å²) in [5.74, 6) is 1.37. The first-order chi connectivity index (χ1) is 14.4. The minimum absolute atomic E-state index is 0.391. The number of nitrogens with zero attached hydrogens (tertiary/aromatic N) is 2. The molecule has 0 atom stereocenters. The molecule has 0 saturated carbocycles. The maximum Gasteiger partial charge on any atom is 0.140 e. The highest BCUT2D eigenvalue weighted by Crippen LogP contribution is 2.35. The highest BCUT2D eigenvalue weighted by Gasteiger charge is 2.17. The van der Waals surface area contributed by atoms with Crippen LogP contribution in [0.15, 0.2) is 73.5 Å². The van der Waals surface area contributed by atoms with Crippen molar-refractivity contribution in [3.05, 3.63) is 95.9 Å². The van der Waals surface area contributed by atoms with E-state index in [2.05, 4.69) is 88.4 Å². The molecule has 154 valence electrons. The molecule has 2 heteroatoms. The molecule has 1 aromatic heterocycles. The van der Waals surface area contributed by atoms with Gasteiger partial charge in [0.15, 0.2) is 0 Å². The van der Waals surface area contributed by atoms with E-state index in [4.69, 9.17) is 4.98 Å². The summed E-state index contributed by atoms with van der Waals surface area (Å²) in [6, 6.07) is 13.3. The normalized spacial score (nSPS) is 12.2. The molecular formula is C28H32N2. The van der Waals surface area contributed by atoms with E-state index in [1.54, 1.807) is 0 Å². The van der Waals surface area contributed by atoms with Gasteiger partial charge in [0.25, 0.3) is 0 Å². The van der Waals surface area contributed by atoms with Crippen molar-refractivity contribution in [2.75, 3.05) is 0 Å². The number of aromatic nitrogens is 2. The Hall–Kier alpha value is -3.13. The molecule has 0 amide bonds. The van der Waals surface area contributed by atoms with E-state index in [1.165, 1.54) is 33.4 Å². The van der Waals surface area contributed by atoms with E-state index in [0.29, 0.717) is 5.92 Å². The van der Waals surface area contributed by atoms with Gasteiger partial charge in [-0.05, 0) is 60.1 Å². The lowest BCUT2D eigenvalue weighted by molar-refractivity contribution is 0.856. The van der Waals surface area contributed by atoms with Crippen molar-refractivity contribution in [2.45, 2.75) is 40.5 Å². The van der Waals surface area contributed by atoms with Crippen molar-refractivity contribution in [1.29, 1.82) is 0 Å². The van der Waals surface area contributed by atoms with Crippen LogP contribution in [0.3, 0.4) is 0 Å². The molecule has 1 heterocycles. The number of imidazole rings is 1. The number of rotatable bonds is 6. The van der Waals surface area contributed by atoms with Crippen LogP contribution in [0.1, 0.15) is 49.1 Å². The molecular weight excluding hydrogens is 364 g/mol. The summed E-state index contributed by atoms with van der Waals surface area (Å²) in [5, 5.41) is 0. The van der Waals surface area contributed by atoms with Crippen molar-refractivity contribution in [1.82, 2.24) is 9.55 Å². The monoisotopic (exact) mass is 396 g/mol. The van der Waals surface area contributed by atoms with Gasteiger partial charge in [0.05, 0.1) is 11.9 Å². The zero-order chi connectivity index (χ0) is 21.8. The lowest BCUT2D eigenvalue weighted by Crippen LogP contribution is -2.02. The quantitative estimate of drug-likeness (QED) is 0.391. The highest BCUT2D eigenvalue weighted by atomic mass is 15.1. The average Bonchev–Trinajstić information content (AvgIpc) is 3.09. The third kappa shape index (κ3) is 4.09. The van der Waals surface area contributed by atoms with Crippen LogP contribution in [0.2, 0.25) is 0 Å². The van der Waals surface area contributed by atoms with Crippen LogP contribution in [0.25, 0.3) is 28.1 Å². The molecule has 0 aliphatic rings. The Morgan fingerprint density at radius 1 is 1.10 bits per heavy atom. The lowest BCUT2D eigenvalue weighted by atomic mass is 9.89. The van der Waals surface area contributed by atoms with Gasteiger partial charge in [0.2, 0.25) is 0 Å². The molecule has 3 rings (SSSR count).